The predicted molar refractivity (Wildman–Crippen MR) is 74.9 cm³/mol. The summed E-state index contributed by atoms with van der Waals surface area (Å²) in [5.74, 6) is 2.32. The largest absolute Gasteiger partial charge is 0.496 e. The van der Waals surface area contributed by atoms with Gasteiger partial charge in [0.1, 0.15) is 5.75 Å². The fourth-order valence-electron chi connectivity index (χ4n) is 2.59. The summed E-state index contributed by atoms with van der Waals surface area (Å²) in [5, 5.41) is 3.28. The second kappa shape index (κ2) is 4.61. The van der Waals surface area contributed by atoms with Crippen molar-refractivity contribution in [3.63, 3.8) is 0 Å². The van der Waals surface area contributed by atoms with E-state index in [0.29, 0.717) is 5.25 Å². The van der Waals surface area contributed by atoms with Crippen LogP contribution in [-0.4, -0.2) is 12.9 Å². The Balaban J connectivity index is 2.23. The van der Waals surface area contributed by atoms with E-state index in [4.69, 9.17) is 4.74 Å². The van der Waals surface area contributed by atoms with Crippen LogP contribution in [0.25, 0.3) is 10.8 Å². The molecule has 2 heteroatoms. The van der Waals surface area contributed by atoms with Crippen LogP contribution < -0.4 is 4.74 Å². The lowest BCUT2D eigenvalue weighted by Crippen LogP contribution is -1.96. The van der Waals surface area contributed by atoms with Crippen LogP contribution in [0.1, 0.15) is 23.7 Å². The second-order valence-electron chi connectivity index (χ2n) is 4.40. The highest BCUT2D eigenvalue weighted by atomic mass is 32.2. The van der Waals surface area contributed by atoms with Gasteiger partial charge in [0, 0.05) is 10.8 Å². The predicted octanol–water partition coefficient (Wildman–Crippen LogP) is 4.42. The van der Waals surface area contributed by atoms with Crippen molar-refractivity contribution in [1.29, 1.82) is 0 Å². The smallest absolute Gasteiger partial charge is 0.123 e. The summed E-state index contributed by atoms with van der Waals surface area (Å²) in [6, 6.07) is 12.9. The summed E-state index contributed by atoms with van der Waals surface area (Å²) in [7, 11) is 1.77. The molecule has 0 bridgehead atoms. The van der Waals surface area contributed by atoms with Gasteiger partial charge in [0.15, 0.2) is 0 Å². The Labute approximate surface area is 106 Å². The van der Waals surface area contributed by atoms with Crippen molar-refractivity contribution >= 4 is 22.5 Å². The Kier molecular flexibility index (Phi) is 2.98. The zero-order chi connectivity index (χ0) is 11.7. The molecule has 0 spiro atoms. The highest BCUT2D eigenvalue weighted by molar-refractivity contribution is 7.99. The molecule has 17 heavy (non-hydrogen) atoms. The standard InChI is InChI=1S/C15H16OS/c1-16-13-9-8-11-5-2-3-6-12(11)15(13)14-7-4-10-17-14/h2-3,5-6,8-9,14H,4,7,10H2,1H3. The van der Waals surface area contributed by atoms with E-state index in [-0.39, 0.29) is 0 Å². The van der Waals surface area contributed by atoms with E-state index < -0.39 is 0 Å². The summed E-state index contributed by atoms with van der Waals surface area (Å²) < 4.78 is 5.55. The number of fused-ring (bicyclic) bond motifs is 1. The number of rotatable bonds is 2. The maximum Gasteiger partial charge on any atom is 0.123 e. The molecule has 0 aliphatic carbocycles. The fraction of sp³-hybridized carbons (Fsp3) is 0.333. The molecule has 1 saturated heterocycles. The third-order valence-corrected chi connectivity index (χ3v) is 4.80. The normalized spacial score (nSPS) is 19.7. The Hall–Kier alpha value is -1.15. The maximum absolute atomic E-state index is 5.55. The molecule has 1 aliphatic rings. The van der Waals surface area contributed by atoms with Crippen molar-refractivity contribution in [3.05, 3.63) is 42.0 Å². The minimum absolute atomic E-state index is 0.607. The first-order chi connectivity index (χ1) is 8.40. The van der Waals surface area contributed by atoms with Crippen LogP contribution in [0, 0.1) is 0 Å². The number of hydrogen-bond acceptors (Lipinski definition) is 2. The van der Waals surface area contributed by atoms with Gasteiger partial charge in [-0.25, -0.2) is 0 Å². The lowest BCUT2D eigenvalue weighted by Gasteiger charge is -2.16. The molecule has 2 aromatic carbocycles. The summed E-state index contributed by atoms with van der Waals surface area (Å²) in [6.07, 6.45) is 2.59. The molecule has 1 unspecified atom stereocenters. The first-order valence-corrected chi connectivity index (χ1v) is 7.12. The molecule has 1 nitrogen and oxygen atoms in total. The van der Waals surface area contributed by atoms with E-state index in [2.05, 4.69) is 48.2 Å². The van der Waals surface area contributed by atoms with Crippen LogP contribution >= 0.6 is 11.8 Å². The Morgan fingerprint density at radius 1 is 1.18 bits per heavy atom. The minimum Gasteiger partial charge on any atom is -0.496 e. The SMILES string of the molecule is COc1ccc2ccccc2c1C1CCCS1. The molecule has 2 aromatic rings. The van der Waals surface area contributed by atoms with Gasteiger partial charge in [0.2, 0.25) is 0 Å². The molecule has 3 rings (SSSR count). The summed E-state index contributed by atoms with van der Waals surface area (Å²) in [6.45, 7) is 0. The van der Waals surface area contributed by atoms with E-state index in [1.54, 1.807) is 7.11 Å². The average molecular weight is 244 g/mol. The van der Waals surface area contributed by atoms with Crippen molar-refractivity contribution in [1.82, 2.24) is 0 Å². The van der Waals surface area contributed by atoms with Gasteiger partial charge in [-0.1, -0.05) is 30.3 Å². The third kappa shape index (κ3) is 1.91. The van der Waals surface area contributed by atoms with E-state index in [1.807, 2.05) is 0 Å². The van der Waals surface area contributed by atoms with E-state index in [9.17, 15) is 0 Å². The molecule has 1 aliphatic heterocycles. The second-order valence-corrected chi connectivity index (χ2v) is 5.71. The van der Waals surface area contributed by atoms with Gasteiger partial charge in [0.05, 0.1) is 7.11 Å². The number of thioether (sulfide) groups is 1. The monoisotopic (exact) mass is 244 g/mol. The van der Waals surface area contributed by atoms with Crippen molar-refractivity contribution < 1.29 is 4.74 Å². The van der Waals surface area contributed by atoms with Gasteiger partial charge < -0.3 is 4.74 Å². The highest BCUT2D eigenvalue weighted by Crippen LogP contribution is 2.46. The van der Waals surface area contributed by atoms with Crippen LogP contribution in [0.3, 0.4) is 0 Å². The third-order valence-electron chi connectivity index (χ3n) is 3.40. The zero-order valence-corrected chi connectivity index (χ0v) is 10.8. The Morgan fingerprint density at radius 2 is 2.06 bits per heavy atom. The van der Waals surface area contributed by atoms with Gasteiger partial charge >= 0.3 is 0 Å². The molecular weight excluding hydrogens is 228 g/mol. The van der Waals surface area contributed by atoms with Gasteiger partial charge in [-0.3, -0.25) is 0 Å². The Morgan fingerprint density at radius 3 is 2.82 bits per heavy atom. The van der Waals surface area contributed by atoms with Gasteiger partial charge in [-0.15, -0.1) is 0 Å². The van der Waals surface area contributed by atoms with E-state index in [0.717, 1.165) is 5.75 Å². The first-order valence-electron chi connectivity index (χ1n) is 6.07. The van der Waals surface area contributed by atoms with E-state index in [1.165, 1.54) is 34.9 Å². The molecule has 0 N–H and O–H groups in total. The van der Waals surface area contributed by atoms with Crippen molar-refractivity contribution in [2.75, 3.05) is 12.9 Å². The average Bonchev–Trinajstić information content (AvgIpc) is 2.91. The molecule has 88 valence electrons. The number of hydrogen-bond donors (Lipinski definition) is 0. The van der Waals surface area contributed by atoms with Gasteiger partial charge in [0.25, 0.3) is 0 Å². The molecule has 0 saturated carbocycles. The quantitative estimate of drug-likeness (QED) is 0.773. The lowest BCUT2D eigenvalue weighted by atomic mass is 9.99. The molecular formula is C15H16OS. The molecule has 1 atom stereocenters. The maximum atomic E-state index is 5.55. The summed E-state index contributed by atoms with van der Waals surface area (Å²) in [4.78, 5) is 0. The summed E-state index contributed by atoms with van der Waals surface area (Å²) in [5.41, 5.74) is 1.40. The number of ether oxygens (including phenoxy) is 1. The van der Waals surface area contributed by atoms with Crippen molar-refractivity contribution in [2.45, 2.75) is 18.1 Å². The van der Waals surface area contributed by atoms with Crippen LogP contribution in [0.4, 0.5) is 0 Å². The molecule has 0 radical (unpaired) electrons. The van der Waals surface area contributed by atoms with Crippen LogP contribution in [0.2, 0.25) is 0 Å². The topological polar surface area (TPSA) is 9.23 Å². The van der Waals surface area contributed by atoms with Gasteiger partial charge in [-0.05, 0) is 35.4 Å². The van der Waals surface area contributed by atoms with E-state index >= 15 is 0 Å². The molecule has 1 fully saturated rings. The zero-order valence-electron chi connectivity index (χ0n) is 9.98. The molecule has 0 amide bonds. The van der Waals surface area contributed by atoms with Crippen LogP contribution in [-0.2, 0) is 0 Å². The van der Waals surface area contributed by atoms with Crippen molar-refractivity contribution in [3.8, 4) is 5.75 Å². The minimum atomic E-state index is 0.607. The molecule has 1 heterocycles. The van der Waals surface area contributed by atoms with Gasteiger partial charge in [-0.2, -0.15) is 11.8 Å². The number of methoxy groups -OCH3 is 1. The van der Waals surface area contributed by atoms with Crippen LogP contribution in [0.15, 0.2) is 36.4 Å². The Bertz CT molecular complexity index is 529. The lowest BCUT2D eigenvalue weighted by molar-refractivity contribution is 0.410. The number of benzene rings is 2. The summed E-state index contributed by atoms with van der Waals surface area (Å²) >= 11 is 2.06. The first kappa shape index (κ1) is 11.0. The van der Waals surface area contributed by atoms with Crippen LogP contribution in [0.5, 0.6) is 5.75 Å². The van der Waals surface area contributed by atoms with Crippen molar-refractivity contribution in [2.24, 2.45) is 0 Å². The fourth-order valence-corrected chi connectivity index (χ4v) is 3.95. The molecule has 0 aromatic heterocycles. The highest BCUT2D eigenvalue weighted by Gasteiger charge is 2.23.